The first-order valence-electron chi connectivity index (χ1n) is 27.6. The van der Waals surface area contributed by atoms with E-state index < -0.39 is 157 Å². The van der Waals surface area contributed by atoms with Gasteiger partial charge in [0.1, 0.15) is 65.8 Å². The topological polar surface area (TPSA) is 287 Å². The van der Waals surface area contributed by atoms with Crippen LogP contribution < -0.4 is 0 Å². The number of aliphatic hydroxyl groups excluding tert-OH is 5. The second kappa shape index (κ2) is 23.8. The quantitative estimate of drug-likeness (QED) is 0.0626. The minimum absolute atomic E-state index is 0.0514. The summed E-state index contributed by atoms with van der Waals surface area (Å²) in [7, 11) is 4.72. The summed E-state index contributed by atoms with van der Waals surface area (Å²) in [6.07, 6.45) is -10.5. The van der Waals surface area contributed by atoms with E-state index in [1.54, 1.807) is 21.1 Å². The van der Waals surface area contributed by atoms with Gasteiger partial charge in [-0.25, -0.2) is 4.79 Å². The van der Waals surface area contributed by atoms with E-state index in [0.717, 1.165) is 11.1 Å². The maximum absolute atomic E-state index is 13.6. The molecule has 7 fully saturated rings. The van der Waals surface area contributed by atoms with Crippen LogP contribution in [0.4, 0.5) is 0 Å². The first-order chi connectivity index (χ1) is 35.9. The van der Waals surface area contributed by atoms with Crippen molar-refractivity contribution in [2.75, 3.05) is 27.9 Å². The van der Waals surface area contributed by atoms with Gasteiger partial charge in [-0.15, -0.1) is 0 Å². The standard InChI is InChI=1S/C55H88O21/c1-26(2)27(3)18-41(59)73-40-23-38-52(8)15-13-33(19-32(52)12-16-54(38,63)55(64)17-14-39(58)53(40,55)24-28(4)57)71-42-20-34(65-9)48(29(5)68-42)74-43-21-35(66-10)49(30(6)69-43)75-44-22-36(67-11)50(31(7)70-44)76-51-47(62)46(61)45(60)37(25-56)72-51/h12,18,26,29-31,33-40,42-51,56,58,60-64H,13-17,19-25H2,1-11H3/b27-18+/t29-,30-,31-,33+,34+,35-,36-,37-,38?,39+,40-,42+,43+,44+,45-,46-,47-,48+,49+,50+,51+,52+,53+,54+,55-/m1/s1. The summed E-state index contributed by atoms with van der Waals surface area (Å²) in [6, 6.07) is 0. The number of carbonyl (C=O) groups is 2. The molecule has 0 aromatic rings. The van der Waals surface area contributed by atoms with Crippen LogP contribution in [0.15, 0.2) is 23.3 Å². The number of rotatable bonds is 17. The predicted molar refractivity (Wildman–Crippen MR) is 267 cm³/mol. The molecule has 7 N–H and O–H groups in total. The molecule has 8 rings (SSSR count). The lowest BCUT2D eigenvalue weighted by Gasteiger charge is -2.66. The van der Waals surface area contributed by atoms with Crippen molar-refractivity contribution in [1.29, 1.82) is 0 Å². The Bertz CT molecular complexity index is 2070. The van der Waals surface area contributed by atoms with Crippen molar-refractivity contribution in [3.8, 4) is 0 Å². The molecular weight excluding hydrogens is 997 g/mol. The number of esters is 1. The van der Waals surface area contributed by atoms with Crippen molar-refractivity contribution in [3.63, 3.8) is 0 Å². The Morgan fingerprint density at radius 3 is 1.79 bits per heavy atom. The predicted octanol–water partition coefficient (Wildman–Crippen LogP) is 2.41. The number of Topliss-reactive ketones (excluding diaryl/α,β-unsaturated/α-hetero) is 1. The average molecular weight is 1090 g/mol. The third-order valence-electron chi connectivity index (χ3n) is 19.0. The zero-order valence-electron chi connectivity index (χ0n) is 46.2. The van der Waals surface area contributed by atoms with E-state index in [4.69, 9.17) is 56.8 Å². The fourth-order valence-electron chi connectivity index (χ4n) is 14.4. The van der Waals surface area contributed by atoms with Crippen LogP contribution >= 0.6 is 0 Å². The summed E-state index contributed by atoms with van der Waals surface area (Å²) in [5, 5.41) is 78.5. The van der Waals surface area contributed by atoms with Gasteiger partial charge >= 0.3 is 5.97 Å². The summed E-state index contributed by atoms with van der Waals surface area (Å²) < 4.78 is 74.9. The minimum atomic E-state index is -1.92. The van der Waals surface area contributed by atoms with Crippen molar-refractivity contribution in [2.24, 2.45) is 22.7 Å². The van der Waals surface area contributed by atoms with Crippen LogP contribution in [0.5, 0.6) is 0 Å². The molecule has 3 saturated carbocycles. The van der Waals surface area contributed by atoms with Crippen molar-refractivity contribution in [2.45, 2.75) is 260 Å². The minimum Gasteiger partial charge on any atom is -0.458 e. The normalized spacial score (nSPS) is 48.9. The number of aliphatic hydroxyl groups is 7. The summed E-state index contributed by atoms with van der Waals surface area (Å²) in [5.74, 6) is -1.35. The molecule has 4 heterocycles. The molecular formula is C55H88O21. The van der Waals surface area contributed by atoms with Gasteiger partial charge in [-0.2, -0.15) is 0 Å². The molecule has 21 heteroatoms. The van der Waals surface area contributed by atoms with E-state index in [1.165, 1.54) is 20.1 Å². The number of carbonyl (C=O) groups excluding carboxylic acids is 2. The third-order valence-corrected chi connectivity index (χ3v) is 19.0. The second-order valence-corrected chi connectivity index (χ2v) is 23.7. The lowest BCUT2D eigenvalue weighted by Crippen LogP contribution is -2.77. The van der Waals surface area contributed by atoms with E-state index in [0.29, 0.717) is 32.1 Å². The highest BCUT2D eigenvalue weighted by Gasteiger charge is 2.78. The van der Waals surface area contributed by atoms with Crippen molar-refractivity contribution >= 4 is 11.8 Å². The molecule has 4 saturated heterocycles. The Hall–Kier alpha value is -2.10. The molecule has 8 aliphatic rings. The van der Waals surface area contributed by atoms with Gasteiger partial charge in [-0.1, -0.05) is 38.0 Å². The lowest BCUT2D eigenvalue weighted by molar-refractivity contribution is -0.357. The number of hydrogen-bond acceptors (Lipinski definition) is 21. The zero-order valence-corrected chi connectivity index (χ0v) is 46.2. The zero-order chi connectivity index (χ0) is 55.4. The third kappa shape index (κ3) is 11.0. The van der Waals surface area contributed by atoms with Crippen molar-refractivity contribution < 1.29 is 102 Å². The van der Waals surface area contributed by atoms with Crippen LogP contribution in [0.2, 0.25) is 0 Å². The van der Waals surface area contributed by atoms with Gasteiger partial charge < -0.3 is 97.4 Å². The maximum atomic E-state index is 13.6. The molecule has 4 aliphatic heterocycles. The Labute approximate surface area is 446 Å². The summed E-state index contributed by atoms with van der Waals surface area (Å²) in [4.78, 5) is 26.6. The number of methoxy groups -OCH3 is 3. The highest BCUT2D eigenvalue weighted by Crippen LogP contribution is 2.70. The first kappa shape index (κ1) is 60.0. The first-order valence-corrected chi connectivity index (χ1v) is 27.6. The van der Waals surface area contributed by atoms with Gasteiger partial charge in [0, 0.05) is 59.0 Å². The maximum Gasteiger partial charge on any atom is 0.330 e. The molecule has 0 spiro atoms. The molecule has 0 radical (unpaired) electrons. The molecule has 0 aromatic carbocycles. The molecule has 434 valence electrons. The van der Waals surface area contributed by atoms with Crippen LogP contribution in [0, 0.1) is 22.7 Å². The highest BCUT2D eigenvalue weighted by molar-refractivity contribution is 5.83. The van der Waals surface area contributed by atoms with E-state index >= 15 is 0 Å². The number of fused-ring (bicyclic) bond motifs is 5. The molecule has 0 bridgehead atoms. The molecule has 76 heavy (non-hydrogen) atoms. The van der Waals surface area contributed by atoms with E-state index in [-0.39, 0.29) is 56.3 Å². The van der Waals surface area contributed by atoms with Gasteiger partial charge in [0.15, 0.2) is 25.2 Å². The van der Waals surface area contributed by atoms with Gasteiger partial charge in [0.2, 0.25) is 0 Å². The molecule has 0 aromatic heterocycles. The van der Waals surface area contributed by atoms with Crippen molar-refractivity contribution in [1.82, 2.24) is 0 Å². The molecule has 0 amide bonds. The second-order valence-electron chi connectivity index (χ2n) is 23.7. The largest absolute Gasteiger partial charge is 0.458 e. The Morgan fingerprint density at radius 1 is 0.737 bits per heavy atom. The van der Waals surface area contributed by atoms with Crippen LogP contribution in [-0.4, -0.2) is 209 Å². The fraction of sp³-hybridized carbons (Fsp3) is 0.891. The number of hydrogen-bond donors (Lipinski definition) is 7. The van der Waals surface area contributed by atoms with Crippen LogP contribution in [0.3, 0.4) is 0 Å². The van der Waals surface area contributed by atoms with Crippen LogP contribution in [0.25, 0.3) is 0 Å². The van der Waals surface area contributed by atoms with Gasteiger partial charge in [0.05, 0.1) is 60.9 Å². The SMILES string of the molecule is CO[C@H]1C[C@H](O[C@H]2CC[C@@]3(C)C(=CC[C@]4(O)C3C[C@@H](OC(=O)/C=C(\C)C(C)C)[C@]3(CC(C)=O)[C@@H](O)CC[C@@]34O)C2)O[C@H](C)[C@@H]1O[C@H]1C[C@@H](OC)[C@@H](O[C@H]2C[C@@H](OC)[C@@H](O[C@@H]3O[C@H](CO)[C@@H](O)[C@@H](O)[C@H]3O)[C@@H](C)O2)[C@@H](C)O1. The Balaban J connectivity index is 0.878. The summed E-state index contributed by atoms with van der Waals surface area (Å²) in [5.41, 5.74) is -3.96. The van der Waals surface area contributed by atoms with Crippen molar-refractivity contribution in [3.05, 3.63) is 23.3 Å². The fourth-order valence-corrected chi connectivity index (χ4v) is 14.4. The van der Waals surface area contributed by atoms with E-state index in [1.807, 2.05) is 40.7 Å². The van der Waals surface area contributed by atoms with E-state index in [9.17, 15) is 45.3 Å². The summed E-state index contributed by atoms with van der Waals surface area (Å²) in [6.45, 7) is 14.2. The number of ketones is 1. The van der Waals surface area contributed by atoms with Crippen LogP contribution in [0.1, 0.15) is 126 Å². The lowest BCUT2D eigenvalue weighted by atomic mass is 9.42. The molecule has 25 atom stereocenters. The average Bonchev–Trinajstić information content (AvgIpc) is 3.64. The number of allylic oxidation sites excluding steroid dienone is 1. The smallest absolute Gasteiger partial charge is 0.330 e. The van der Waals surface area contributed by atoms with E-state index in [2.05, 4.69) is 6.92 Å². The van der Waals surface area contributed by atoms with Gasteiger partial charge in [-0.3, -0.25) is 0 Å². The highest BCUT2D eigenvalue weighted by atomic mass is 16.8. The molecule has 4 aliphatic carbocycles. The monoisotopic (exact) mass is 1080 g/mol. The molecule has 1 unspecified atom stereocenters. The molecule has 21 nitrogen and oxygen atoms in total. The number of ether oxygens (including phenoxy) is 12. The van der Waals surface area contributed by atoms with Gasteiger partial charge in [0.25, 0.3) is 0 Å². The summed E-state index contributed by atoms with van der Waals surface area (Å²) >= 11 is 0. The van der Waals surface area contributed by atoms with Crippen LogP contribution in [-0.2, 0) is 66.4 Å². The Morgan fingerprint density at radius 2 is 1.28 bits per heavy atom. The Kier molecular flexibility index (Phi) is 18.8. The van der Waals surface area contributed by atoms with Gasteiger partial charge in [-0.05, 0) is 90.9 Å².